The van der Waals surface area contributed by atoms with Gasteiger partial charge >= 0.3 is 5.97 Å². The summed E-state index contributed by atoms with van der Waals surface area (Å²) in [6.07, 6.45) is 0. The molecule has 4 rings (SSSR count). The summed E-state index contributed by atoms with van der Waals surface area (Å²) in [4.78, 5) is 27.2. The average molecular weight is 406 g/mol. The molecule has 7 nitrogen and oxygen atoms in total. The Bertz CT molecular complexity index is 1180. The van der Waals surface area contributed by atoms with Crippen LogP contribution in [0.15, 0.2) is 66.7 Å². The molecule has 0 aliphatic carbocycles. The first-order chi connectivity index (χ1) is 14.0. The Morgan fingerprint density at radius 3 is 2.48 bits per heavy atom. The van der Waals surface area contributed by atoms with Gasteiger partial charge in [-0.1, -0.05) is 12.1 Å². The minimum atomic E-state index is -0.633. The number of thiazole rings is 1. The molecule has 0 atom stereocenters. The molecule has 0 bridgehead atoms. The van der Waals surface area contributed by atoms with Crippen molar-refractivity contribution in [2.75, 3.05) is 7.11 Å². The summed E-state index contributed by atoms with van der Waals surface area (Å²) in [5.74, 6) is 0.00340. The number of benzene rings is 3. The number of ether oxygens (including phenoxy) is 2. The zero-order valence-electron chi connectivity index (χ0n) is 15.2. The standard InChI is InChI=1S/C21H14N2O5S/c1-27-18-12-14(20-22-16-4-2-3-5-19(16)29-20)8-11-17(18)28-21(24)13-6-9-15(10-7-13)23(25)26/h2-12H,1H3. The predicted molar refractivity (Wildman–Crippen MR) is 110 cm³/mol. The maximum atomic E-state index is 12.4. The van der Waals surface area contributed by atoms with Crippen molar-refractivity contribution in [2.24, 2.45) is 0 Å². The van der Waals surface area contributed by atoms with Crippen molar-refractivity contribution in [3.05, 3.63) is 82.4 Å². The van der Waals surface area contributed by atoms with Crippen LogP contribution < -0.4 is 9.47 Å². The lowest BCUT2D eigenvalue weighted by molar-refractivity contribution is -0.384. The van der Waals surface area contributed by atoms with Gasteiger partial charge in [0.2, 0.25) is 0 Å². The Labute approximate surface area is 169 Å². The van der Waals surface area contributed by atoms with E-state index in [1.54, 1.807) is 29.5 Å². The van der Waals surface area contributed by atoms with E-state index < -0.39 is 10.9 Å². The number of hydrogen-bond donors (Lipinski definition) is 0. The SMILES string of the molecule is COc1cc(-c2nc3ccccc3s2)ccc1OC(=O)c1ccc([N+](=O)[O-])cc1. The molecular formula is C21H14N2O5S. The fourth-order valence-electron chi connectivity index (χ4n) is 2.76. The van der Waals surface area contributed by atoms with E-state index >= 15 is 0 Å². The quantitative estimate of drug-likeness (QED) is 0.198. The topological polar surface area (TPSA) is 91.6 Å². The number of nitro benzene ring substituents is 1. The summed E-state index contributed by atoms with van der Waals surface area (Å²) in [7, 11) is 1.49. The number of esters is 1. The van der Waals surface area contributed by atoms with Crippen LogP contribution in [0.5, 0.6) is 11.5 Å². The van der Waals surface area contributed by atoms with Gasteiger partial charge in [0.1, 0.15) is 5.01 Å². The van der Waals surface area contributed by atoms with Crippen molar-refractivity contribution >= 4 is 33.2 Å². The summed E-state index contributed by atoms with van der Waals surface area (Å²) < 4.78 is 11.9. The van der Waals surface area contributed by atoms with Crippen LogP contribution in [0.25, 0.3) is 20.8 Å². The first-order valence-electron chi connectivity index (χ1n) is 8.56. The van der Waals surface area contributed by atoms with Crippen molar-refractivity contribution in [3.63, 3.8) is 0 Å². The molecule has 0 unspecified atom stereocenters. The second kappa shape index (κ2) is 7.69. The van der Waals surface area contributed by atoms with Crippen LogP contribution in [-0.4, -0.2) is 23.0 Å². The molecule has 29 heavy (non-hydrogen) atoms. The molecule has 4 aromatic rings. The number of nitro groups is 1. The Morgan fingerprint density at radius 2 is 1.79 bits per heavy atom. The second-order valence-corrected chi connectivity index (χ2v) is 7.08. The fourth-order valence-corrected chi connectivity index (χ4v) is 3.72. The molecule has 0 fully saturated rings. The van der Waals surface area contributed by atoms with Gasteiger partial charge in [-0.3, -0.25) is 10.1 Å². The fraction of sp³-hybridized carbons (Fsp3) is 0.0476. The monoisotopic (exact) mass is 406 g/mol. The highest BCUT2D eigenvalue weighted by Gasteiger charge is 2.16. The summed E-state index contributed by atoms with van der Waals surface area (Å²) in [5, 5.41) is 11.6. The van der Waals surface area contributed by atoms with Crippen molar-refractivity contribution < 1.29 is 19.2 Å². The van der Waals surface area contributed by atoms with E-state index in [0.717, 1.165) is 20.8 Å². The number of nitrogens with zero attached hydrogens (tertiary/aromatic N) is 2. The minimum absolute atomic E-state index is 0.0979. The molecule has 144 valence electrons. The van der Waals surface area contributed by atoms with E-state index in [1.807, 2.05) is 24.3 Å². The summed E-state index contributed by atoms with van der Waals surface area (Å²) in [6, 6.07) is 18.3. The smallest absolute Gasteiger partial charge is 0.343 e. The maximum absolute atomic E-state index is 12.4. The molecule has 0 saturated carbocycles. The second-order valence-electron chi connectivity index (χ2n) is 6.05. The van der Waals surface area contributed by atoms with Crippen LogP contribution in [0, 0.1) is 10.1 Å². The van der Waals surface area contributed by atoms with Gasteiger partial charge in [-0.05, 0) is 42.5 Å². The lowest BCUT2D eigenvalue weighted by atomic mass is 10.2. The first kappa shape index (κ1) is 18.6. The van der Waals surface area contributed by atoms with Crippen LogP contribution in [0.4, 0.5) is 5.69 Å². The van der Waals surface area contributed by atoms with Gasteiger partial charge in [-0.25, -0.2) is 9.78 Å². The Kier molecular flexibility index (Phi) is 4.92. The number of methoxy groups -OCH3 is 1. The minimum Gasteiger partial charge on any atom is -0.493 e. The Hall–Kier alpha value is -3.78. The lowest BCUT2D eigenvalue weighted by Gasteiger charge is -2.10. The molecule has 1 aromatic heterocycles. The molecule has 0 aliphatic rings. The van der Waals surface area contributed by atoms with Crippen LogP contribution in [0.1, 0.15) is 10.4 Å². The highest BCUT2D eigenvalue weighted by Crippen LogP contribution is 2.36. The molecule has 0 amide bonds. The molecule has 3 aromatic carbocycles. The Morgan fingerprint density at radius 1 is 1.03 bits per heavy atom. The van der Waals surface area contributed by atoms with E-state index in [1.165, 1.54) is 31.4 Å². The van der Waals surface area contributed by atoms with Crippen LogP contribution in [-0.2, 0) is 0 Å². The normalized spacial score (nSPS) is 10.7. The van der Waals surface area contributed by atoms with Crippen molar-refractivity contribution in [1.82, 2.24) is 4.98 Å². The number of fused-ring (bicyclic) bond motifs is 1. The highest BCUT2D eigenvalue weighted by atomic mass is 32.1. The molecule has 8 heteroatoms. The van der Waals surface area contributed by atoms with E-state index in [4.69, 9.17) is 9.47 Å². The predicted octanol–water partition coefficient (Wildman–Crippen LogP) is 5.10. The van der Waals surface area contributed by atoms with Gasteiger partial charge in [-0.2, -0.15) is 0 Å². The number of carbonyl (C=O) groups is 1. The third kappa shape index (κ3) is 3.78. The van der Waals surface area contributed by atoms with E-state index in [2.05, 4.69) is 4.98 Å². The maximum Gasteiger partial charge on any atom is 0.343 e. The van der Waals surface area contributed by atoms with Gasteiger partial charge in [0, 0.05) is 17.7 Å². The third-order valence-corrected chi connectivity index (χ3v) is 5.31. The van der Waals surface area contributed by atoms with E-state index in [0.29, 0.717) is 5.75 Å². The van der Waals surface area contributed by atoms with Gasteiger partial charge in [0.15, 0.2) is 11.5 Å². The first-order valence-corrected chi connectivity index (χ1v) is 9.37. The zero-order chi connectivity index (χ0) is 20.4. The van der Waals surface area contributed by atoms with Gasteiger partial charge in [0.05, 0.1) is 27.8 Å². The number of hydrogen-bond acceptors (Lipinski definition) is 7. The molecule has 0 N–H and O–H groups in total. The molecule has 0 saturated heterocycles. The largest absolute Gasteiger partial charge is 0.493 e. The van der Waals surface area contributed by atoms with E-state index in [-0.39, 0.29) is 17.0 Å². The molecule has 0 radical (unpaired) electrons. The molecule has 1 heterocycles. The number of non-ortho nitro benzene ring substituents is 1. The summed E-state index contributed by atoms with van der Waals surface area (Å²) in [5.41, 5.74) is 1.87. The van der Waals surface area contributed by atoms with Crippen molar-refractivity contribution in [3.8, 4) is 22.1 Å². The average Bonchev–Trinajstić information content (AvgIpc) is 3.18. The van der Waals surface area contributed by atoms with Crippen LogP contribution in [0.2, 0.25) is 0 Å². The number of para-hydroxylation sites is 1. The summed E-state index contributed by atoms with van der Waals surface area (Å²) in [6.45, 7) is 0. The van der Waals surface area contributed by atoms with Crippen LogP contribution >= 0.6 is 11.3 Å². The van der Waals surface area contributed by atoms with E-state index in [9.17, 15) is 14.9 Å². The lowest BCUT2D eigenvalue weighted by Crippen LogP contribution is -2.09. The number of aromatic nitrogens is 1. The molecular weight excluding hydrogens is 392 g/mol. The zero-order valence-corrected chi connectivity index (χ0v) is 16.0. The van der Waals surface area contributed by atoms with Gasteiger partial charge < -0.3 is 9.47 Å². The van der Waals surface area contributed by atoms with Gasteiger partial charge in [-0.15, -0.1) is 11.3 Å². The Balaban J connectivity index is 1.59. The highest BCUT2D eigenvalue weighted by molar-refractivity contribution is 7.21. The molecule has 0 aliphatic heterocycles. The summed E-state index contributed by atoms with van der Waals surface area (Å²) >= 11 is 1.56. The number of rotatable bonds is 5. The molecule has 0 spiro atoms. The number of carbonyl (C=O) groups excluding carboxylic acids is 1. The van der Waals surface area contributed by atoms with Crippen LogP contribution in [0.3, 0.4) is 0 Å². The third-order valence-electron chi connectivity index (χ3n) is 4.22. The van der Waals surface area contributed by atoms with Crippen molar-refractivity contribution in [1.29, 1.82) is 0 Å². The van der Waals surface area contributed by atoms with Crippen molar-refractivity contribution in [2.45, 2.75) is 0 Å². The van der Waals surface area contributed by atoms with Gasteiger partial charge in [0.25, 0.3) is 5.69 Å².